The van der Waals surface area contributed by atoms with Crippen LogP contribution in [0.5, 0.6) is 5.75 Å². The maximum Gasteiger partial charge on any atom is 0.122 e. The third-order valence-electron chi connectivity index (χ3n) is 4.49. The smallest absolute Gasteiger partial charge is 0.122 e. The lowest BCUT2D eigenvalue weighted by molar-refractivity contribution is 0.250. The Morgan fingerprint density at radius 3 is 2.35 bits per heavy atom. The second kappa shape index (κ2) is 4.02. The fourth-order valence-corrected chi connectivity index (χ4v) is 3.32. The third-order valence-corrected chi connectivity index (χ3v) is 4.49. The van der Waals surface area contributed by atoms with Gasteiger partial charge in [-0.3, -0.25) is 0 Å². The van der Waals surface area contributed by atoms with E-state index in [0.717, 1.165) is 25.0 Å². The molecule has 0 radical (unpaired) electrons. The number of ether oxygens (including phenoxy) is 1. The van der Waals surface area contributed by atoms with Gasteiger partial charge in [-0.15, -0.1) is 0 Å². The zero-order valence-corrected chi connectivity index (χ0v) is 10.6. The van der Waals surface area contributed by atoms with Gasteiger partial charge in [0, 0.05) is 5.54 Å². The molecule has 1 fully saturated rings. The number of fused-ring (bicyclic) bond motifs is 1. The molecular weight excluding hydrogens is 210 g/mol. The molecular formula is C15H21NO. The standard InChI is InChI=1S/C15H21NO/c1-17-14-8-7-13(15(16)9-4-10-15)11-5-2-3-6-12(11)14/h7-8H,2-6,9-10,16H2,1H3. The lowest BCUT2D eigenvalue weighted by Crippen LogP contribution is -2.44. The van der Waals surface area contributed by atoms with Gasteiger partial charge in [0.05, 0.1) is 7.11 Å². The van der Waals surface area contributed by atoms with Gasteiger partial charge in [0.25, 0.3) is 0 Å². The van der Waals surface area contributed by atoms with Gasteiger partial charge in [-0.25, -0.2) is 0 Å². The molecule has 2 aliphatic carbocycles. The summed E-state index contributed by atoms with van der Waals surface area (Å²) >= 11 is 0. The molecule has 0 aliphatic heterocycles. The van der Waals surface area contributed by atoms with E-state index in [-0.39, 0.29) is 5.54 Å². The Bertz CT molecular complexity index is 435. The lowest BCUT2D eigenvalue weighted by atomic mass is 9.69. The fourth-order valence-electron chi connectivity index (χ4n) is 3.32. The molecule has 1 saturated carbocycles. The number of methoxy groups -OCH3 is 1. The van der Waals surface area contributed by atoms with E-state index in [0.29, 0.717) is 0 Å². The van der Waals surface area contributed by atoms with Crippen LogP contribution in [0, 0.1) is 0 Å². The topological polar surface area (TPSA) is 35.2 Å². The maximum atomic E-state index is 6.50. The van der Waals surface area contributed by atoms with Crippen LogP contribution in [0.15, 0.2) is 12.1 Å². The van der Waals surface area contributed by atoms with Crippen LogP contribution >= 0.6 is 0 Å². The van der Waals surface area contributed by atoms with Crippen molar-refractivity contribution in [2.45, 2.75) is 50.5 Å². The largest absolute Gasteiger partial charge is 0.496 e. The zero-order valence-electron chi connectivity index (χ0n) is 10.6. The molecule has 0 aromatic heterocycles. The summed E-state index contributed by atoms with van der Waals surface area (Å²) in [6.45, 7) is 0. The first kappa shape index (κ1) is 11.1. The molecule has 92 valence electrons. The molecule has 0 saturated heterocycles. The number of benzene rings is 1. The summed E-state index contributed by atoms with van der Waals surface area (Å²) in [6, 6.07) is 4.33. The lowest BCUT2D eigenvalue weighted by Gasteiger charge is -2.41. The molecule has 0 atom stereocenters. The molecule has 0 spiro atoms. The van der Waals surface area contributed by atoms with Crippen molar-refractivity contribution in [2.75, 3.05) is 7.11 Å². The maximum absolute atomic E-state index is 6.50. The Morgan fingerprint density at radius 1 is 1.06 bits per heavy atom. The van der Waals surface area contributed by atoms with Crippen LogP contribution in [-0.4, -0.2) is 7.11 Å². The summed E-state index contributed by atoms with van der Waals surface area (Å²) < 4.78 is 5.49. The number of rotatable bonds is 2. The molecule has 2 nitrogen and oxygen atoms in total. The van der Waals surface area contributed by atoms with Crippen molar-refractivity contribution in [3.05, 3.63) is 28.8 Å². The highest BCUT2D eigenvalue weighted by molar-refractivity contribution is 5.49. The van der Waals surface area contributed by atoms with E-state index in [2.05, 4.69) is 12.1 Å². The Morgan fingerprint density at radius 2 is 1.76 bits per heavy atom. The molecule has 17 heavy (non-hydrogen) atoms. The van der Waals surface area contributed by atoms with E-state index in [9.17, 15) is 0 Å². The summed E-state index contributed by atoms with van der Waals surface area (Å²) in [4.78, 5) is 0. The molecule has 3 rings (SSSR count). The minimum atomic E-state index is -0.0340. The summed E-state index contributed by atoms with van der Waals surface area (Å²) in [7, 11) is 1.77. The van der Waals surface area contributed by atoms with E-state index >= 15 is 0 Å². The molecule has 2 aliphatic rings. The van der Waals surface area contributed by atoms with Crippen LogP contribution in [-0.2, 0) is 18.4 Å². The van der Waals surface area contributed by atoms with Crippen LogP contribution in [0.25, 0.3) is 0 Å². The molecule has 0 heterocycles. The van der Waals surface area contributed by atoms with Gasteiger partial charge in [-0.2, -0.15) is 0 Å². The van der Waals surface area contributed by atoms with Gasteiger partial charge in [0.1, 0.15) is 5.75 Å². The highest BCUT2D eigenvalue weighted by atomic mass is 16.5. The van der Waals surface area contributed by atoms with Crippen molar-refractivity contribution >= 4 is 0 Å². The second-order valence-corrected chi connectivity index (χ2v) is 5.49. The van der Waals surface area contributed by atoms with Gasteiger partial charge in [0.2, 0.25) is 0 Å². The summed E-state index contributed by atoms with van der Waals surface area (Å²) in [5, 5.41) is 0. The first-order chi connectivity index (χ1) is 8.24. The van der Waals surface area contributed by atoms with Gasteiger partial charge in [-0.05, 0) is 67.7 Å². The second-order valence-electron chi connectivity index (χ2n) is 5.49. The van der Waals surface area contributed by atoms with Crippen LogP contribution in [0.2, 0.25) is 0 Å². The van der Waals surface area contributed by atoms with Gasteiger partial charge in [0.15, 0.2) is 0 Å². The summed E-state index contributed by atoms with van der Waals surface area (Å²) in [5.41, 5.74) is 10.8. The monoisotopic (exact) mass is 231 g/mol. The molecule has 1 aromatic rings. The number of hydrogen-bond donors (Lipinski definition) is 1. The van der Waals surface area contributed by atoms with E-state index < -0.39 is 0 Å². The predicted molar refractivity (Wildman–Crippen MR) is 69.4 cm³/mol. The highest BCUT2D eigenvalue weighted by Crippen LogP contribution is 2.44. The highest BCUT2D eigenvalue weighted by Gasteiger charge is 2.37. The predicted octanol–water partition coefficient (Wildman–Crippen LogP) is 2.91. The first-order valence-corrected chi connectivity index (χ1v) is 6.73. The van der Waals surface area contributed by atoms with E-state index in [1.54, 1.807) is 7.11 Å². The van der Waals surface area contributed by atoms with Crippen molar-refractivity contribution in [2.24, 2.45) is 5.73 Å². The molecule has 0 amide bonds. The molecule has 0 unspecified atom stereocenters. The Kier molecular flexibility index (Phi) is 2.62. The van der Waals surface area contributed by atoms with Crippen molar-refractivity contribution < 1.29 is 4.74 Å². The molecule has 2 N–H and O–H groups in total. The Balaban J connectivity index is 2.10. The minimum Gasteiger partial charge on any atom is -0.496 e. The van der Waals surface area contributed by atoms with Crippen molar-refractivity contribution in [3.8, 4) is 5.75 Å². The first-order valence-electron chi connectivity index (χ1n) is 6.73. The number of nitrogens with two attached hydrogens (primary N) is 1. The van der Waals surface area contributed by atoms with E-state index in [4.69, 9.17) is 10.5 Å². The van der Waals surface area contributed by atoms with Crippen LogP contribution < -0.4 is 10.5 Å². The average Bonchev–Trinajstić information content (AvgIpc) is 2.34. The van der Waals surface area contributed by atoms with Gasteiger partial charge < -0.3 is 10.5 Å². The fraction of sp³-hybridized carbons (Fsp3) is 0.600. The molecule has 0 bridgehead atoms. The van der Waals surface area contributed by atoms with Crippen LogP contribution in [0.1, 0.15) is 48.8 Å². The van der Waals surface area contributed by atoms with Crippen molar-refractivity contribution in [1.29, 1.82) is 0 Å². The SMILES string of the molecule is COc1ccc(C2(N)CCC2)c2c1CCCC2. The van der Waals surface area contributed by atoms with Crippen LogP contribution in [0.3, 0.4) is 0 Å². The van der Waals surface area contributed by atoms with E-state index in [1.165, 1.54) is 42.4 Å². The Hall–Kier alpha value is -1.02. The number of hydrogen-bond acceptors (Lipinski definition) is 2. The Labute approximate surface area is 103 Å². The van der Waals surface area contributed by atoms with Gasteiger partial charge in [-0.1, -0.05) is 6.07 Å². The average molecular weight is 231 g/mol. The van der Waals surface area contributed by atoms with E-state index in [1.807, 2.05) is 0 Å². The summed E-state index contributed by atoms with van der Waals surface area (Å²) in [6.07, 6.45) is 8.48. The zero-order chi connectivity index (χ0) is 11.9. The van der Waals surface area contributed by atoms with Crippen molar-refractivity contribution in [3.63, 3.8) is 0 Å². The minimum absolute atomic E-state index is 0.0340. The molecule has 2 heteroatoms. The quantitative estimate of drug-likeness (QED) is 0.849. The van der Waals surface area contributed by atoms with Crippen LogP contribution in [0.4, 0.5) is 0 Å². The van der Waals surface area contributed by atoms with Crippen molar-refractivity contribution in [1.82, 2.24) is 0 Å². The molecule has 1 aromatic carbocycles. The normalized spacial score (nSPS) is 21.5. The summed E-state index contributed by atoms with van der Waals surface area (Å²) in [5.74, 6) is 1.06. The van der Waals surface area contributed by atoms with Gasteiger partial charge >= 0.3 is 0 Å². The third kappa shape index (κ3) is 1.66.